The average Bonchev–Trinajstić information content (AvgIpc) is 2.24. The third-order valence-electron chi connectivity index (χ3n) is 3.16. The van der Waals surface area contributed by atoms with Crippen LogP contribution in [0.5, 0.6) is 0 Å². The van der Waals surface area contributed by atoms with Gasteiger partial charge in [-0.15, -0.1) is 0 Å². The van der Waals surface area contributed by atoms with Gasteiger partial charge in [-0.2, -0.15) is 0 Å². The van der Waals surface area contributed by atoms with Crippen LogP contribution in [-0.4, -0.2) is 12.4 Å². The molecule has 0 aromatic rings. The summed E-state index contributed by atoms with van der Waals surface area (Å²) in [6, 6.07) is 0.143. The van der Waals surface area contributed by atoms with E-state index in [0.29, 0.717) is 0 Å². The minimum Gasteiger partial charge on any atom is -0.399 e. The number of aliphatic imine (C=N–C) groups is 1. The molecule has 0 amide bonds. The van der Waals surface area contributed by atoms with Crippen LogP contribution in [0.4, 0.5) is 0 Å². The third-order valence-corrected chi connectivity index (χ3v) is 3.16. The van der Waals surface area contributed by atoms with Crippen LogP contribution in [0.3, 0.4) is 0 Å². The van der Waals surface area contributed by atoms with Crippen LogP contribution in [0.2, 0.25) is 0 Å². The van der Waals surface area contributed by atoms with Crippen LogP contribution >= 0.6 is 0 Å². The van der Waals surface area contributed by atoms with Crippen molar-refractivity contribution < 1.29 is 0 Å². The molecule has 2 unspecified atom stereocenters. The first kappa shape index (κ1) is 12.1. The van der Waals surface area contributed by atoms with Gasteiger partial charge >= 0.3 is 0 Å². The summed E-state index contributed by atoms with van der Waals surface area (Å²) in [7, 11) is 0. The van der Waals surface area contributed by atoms with Crippen LogP contribution in [0.25, 0.3) is 0 Å². The number of hydrogen-bond acceptors (Lipinski definition) is 3. The Morgan fingerprint density at radius 3 is 3.00 bits per heavy atom. The van der Waals surface area contributed by atoms with E-state index in [2.05, 4.69) is 24.2 Å². The lowest BCUT2D eigenvalue weighted by atomic mass is 10.00. The molecule has 2 atom stereocenters. The molecular formula is C12H23N3. The van der Waals surface area contributed by atoms with Crippen molar-refractivity contribution in [3.05, 3.63) is 11.4 Å². The smallest absolute Gasteiger partial charge is 0.0899 e. The van der Waals surface area contributed by atoms with Crippen molar-refractivity contribution in [3.8, 4) is 0 Å². The molecule has 0 aromatic heterocycles. The first-order valence-electron chi connectivity index (χ1n) is 5.91. The Morgan fingerprint density at radius 1 is 1.60 bits per heavy atom. The zero-order valence-electron chi connectivity index (χ0n) is 10.1. The molecule has 0 aromatic carbocycles. The maximum absolute atomic E-state index is 5.98. The maximum Gasteiger partial charge on any atom is 0.0899 e. The number of hydrogen-bond donors (Lipinski definition) is 2. The molecule has 1 aliphatic rings. The van der Waals surface area contributed by atoms with Gasteiger partial charge in [-0.1, -0.05) is 26.7 Å². The van der Waals surface area contributed by atoms with E-state index < -0.39 is 0 Å². The zero-order chi connectivity index (χ0) is 11.3. The van der Waals surface area contributed by atoms with Crippen molar-refractivity contribution in [2.24, 2.45) is 16.6 Å². The van der Waals surface area contributed by atoms with Gasteiger partial charge in [0.1, 0.15) is 0 Å². The molecule has 1 aliphatic heterocycles. The molecule has 0 saturated carbocycles. The lowest BCUT2D eigenvalue weighted by Gasteiger charge is -2.19. The predicted octanol–water partition coefficient (Wildman–Crippen LogP) is 2.39. The van der Waals surface area contributed by atoms with Crippen LogP contribution in [-0.2, 0) is 0 Å². The lowest BCUT2D eigenvalue weighted by molar-refractivity contribution is 0.491. The van der Waals surface area contributed by atoms with Crippen LogP contribution < -0.4 is 11.1 Å². The fourth-order valence-electron chi connectivity index (χ4n) is 1.69. The quantitative estimate of drug-likeness (QED) is 0.730. The molecule has 0 radical (unpaired) electrons. The zero-order valence-corrected chi connectivity index (χ0v) is 10.1. The highest BCUT2D eigenvalue weighted by atomic mass is 15.0. The van der Waals surface area contributed by atoms with E-state index in [9.17, 15) is 0 Å². The topological polar surface area (TPSA) is 50.4 Å². The van der Waals surface area contributed by atoms with Crippen LogP contribution in [0, 0.1) is 5.92 Å². The Kier molecular flexibility index (Phi) is 4.66. The van der Waals surface area contributed by atoms with Gasteiger partial charge in [0.25, 0.3) is 0 Å². The summed E-state index contributed by atoms with van der Waals surface area (Å²) in [5, 5.41) is 3.15. The van der Waals surface area contributed by atoms with Gasteiger partial charge < -0.3 is 11.1 Å². The molecule has 0 saturated heterocycles. The molecule has 86 valence electrons. The number of nitrogens with zero attached hydrogens (tertiary/aromatic N) is 1. The second kappa shape index (κ2) is 5.79. The van der Waals surface area contributed by atoms with Gasteiger partial charge in [0.2, 0.25) is 0 Å². The Balaban J connectivity index is 2.35. The number of nitrogens with one attached hydrogen (secondary N) is 1. The lowest BCUT2D eigenvalue weighted by Crippen LogP contribution is -2.28. The minimum absolute atomic E-state index is 0.143. The van der Waals surface area contributed by atoms with Crippen molar-refractivity contribution in [1.29, 1.82) is 0 Å². The van der Waals surface area contributed by atoms with E-state index in [1.807, 2.05) is 6.92 Å². The molecule has 3 heteroatoms. The molecule has 0 aliphatic carbocycles. The van der Waals surface area contributed by atoms with Gasteiger partial charge in [0.15, 0.2) is 0 Å². The summed E-state index contributed by atoms with van der Waals surface area (Å²) in [5.41, 5.74) is 8.05. The van der Waals surface area contributed by atoms with Crippen molar-refractivity contribution >= 4 is 6.34 Å². The molecule has 0 spiro atoms. The summed E-state index contributed by atoms with van der Waals surface area (Å²) in [4.78, 5) is 4.20. The highest BCUT2D eigenvalue weighted by Gasteiger charge is 2.12. The summed E-state index contributed by atoms with van der Waals surface area (Å²) in [6.45, 7) is 6.57. The largest absolute Gasteiger partial charge is 0.399 e. The molecule has 3 nitrogen and oxygen atoms in total. The standard InChI is InChI=1S/C12H23N3/c1-4-9(2)6-5-7-11-12(13)10(3)14-8-15-11/h8-10H,4-7,13H2,1-3H3,(H,14,15). The fourth-order valence-corrected chi connectivity index (χ4v) is 1.69. The van der Waals surface area contributed by atoms with Gasteiger partial charge in [-0.3, -0.25) is 4.99 Å². The Morgan fingerprint density at radius 2 is 2.33 bits per heavy atom. The molecule has 3 N–H and O–H groups in total. The highest BCUT2D eigenvalue weighted by molar-refractivity contribution is 5.60. The minimum atomic E-state index is 0.143. The second-order valence-electron chi connectivity index (χ2n) is 4.44. The molecule has 0 bridgehead atoms. The highest BCUT2D eigenvalue weighted by Crippen LogP contribution is 2.17. The Labute approximate surface area is 92.8 Å². The number of rotatable bonds is 5. The number of nitrogens with two attached hydrogens (primary N) is 1. The van der Waals surface area contributed by atoms with E-state index in [1.54, 1.807) is 6.34 Å². The first-order chi connectivity index (χ1) is 7.15. The average molecular weight is 209 g/mol. The first-order valence-corrected chi connectivity index (χ1v) is 5.91. The Hall–Kier alpha value is -0.990. The summed E-state index contributed by atoms with van der Waals surface area (Å²) in [5.74, 6) is 0.821. The summed E-state index contributed by atoms with van der Waals surface area (Å²) in [6.07, 6.45) is 6.56. The normalized spacial score (nSPS) is 22.7. The molecule has 1 rings (SSSR count). The van der Waals surface area contributed by atoms with Crippen molar-refractivity contribution in [1.82, 2.24) is 5.32 Å². The Bertz CT molecular complexity index is 256. The van der Waals surface area contributed by atoms with E-state index in [4.69, 9.17) is 5.73 Å². The monoisotopic (exact) mass is 209 g/mol. The van der Waals surface area contributed by atoms with Crippen molar-refractivity contribution in [3.63, 3.8) is 0 Å². The van der Waals surface area contributed by atoms with Gasteiger partial charge in [0, 0.05) is 5.70 Å². The third kappa shape index (κ3) is 3.57. The van der Waals surface area contributed by atoms with E-state index in [0.717, 1.165) is 18.0 Å². The fraction of sp³-hybridized carbons (Fsp3) is 0.750. The van der Waals surface area contributed by atoms with Crippen molar-refractivity contribution in [2.75, 3.05) is 0 Å². The molecule has 0 fully saturated rings. The van der Waals surface area contributed by atoms with E-state index in [-0.39, 0.29) is 6.04 Å². The molecule has 15 heavy (non-hydrogen) atoms. The summed E-state index contributed by atoms with van der Waals surface area (Å²) < 4.78 is 0. The number of allylic oxidation sites excluding steroid dienone is 1. The van der Waals surface area contributed by atoms with Gasteiger partial charge in [-0.05, 0) is 25.7 Å². The van der Waals surface area contributed by atoms with Gasteiger partial charge in [-0.25, -0.2) is 0 Å². The van der Waals surface area contributed by atoms with Gasteiger partial charge in [0.05, 0.1) is 18.1 Å². The molecule has 1 heterocycles. The van der Waals surface area contributed by atoms with Crippen LogP contribution in [0.1, 0.15) is 46.5 Å². The van der Waals surface area contributed by atoms with Crippen molar-refractivity contribution in [2.45, 2.75) is 52.5 Å². The maximum atomic E-state index is 5.98. The molecular weight excluding hydrogens is 186 g/mol. The van der Waals surface area contributed by atoms with E-state index in [1.165, 1.54) is 25.0 Å². The second-order valence-corrected chi connectivity index (χ2v) is 4.44. The summed E-state index contributed by atoms with van der Waals surface area (Å²) >= 11 is 0. The predicted molar refractivity (Wildman–Crippen MR) is 65.6 cm³/mol. The SMILES string of the molecule is CCC(C)CCCC1=C(N)C(C)N=CN1. The van der Waals surface area contributed by atoms with Crippen LogP contribution in [0.15, 0.2) is 16.4 Å². The van der Waals surface area contributed by atoms with E-state index >= 15 is 0 Å².